The molecule has 0 unspecified atom stereocenters. The predicted molar refractivity (Wildman–Crippen MR) is 106 cm³/mol. The van der Waals surface area contributed by atoms with Gasteiger partial charge in [0.25, 0.3) is 0 Å². The lowest BCUT2D eigenvalue weighted by atomic mass is 9.87. The number of nitrogens with one attached hydrogen (secondary N) is 2. The van der Waals surface area contributed by atoms with E-state index in [0.717, 1.165) is 43.8 Å². The second-order valence-electron chi connectivity index (χ2n) is 7.71. The smallest absolute Gasteiger partial charge is 0.311 e. The van der Waals surface area contributed by atoms with Crippen molar-refractivity contribution in [2.45, 2.75) is 70.8 Å². The second kappa shape index (κ2) is 9.01. The van der Waals surface area contributed by atoms with Crippen molar-refractivity contribution < 1.29 is 4.92 Å². The molecule has 1 saturated carbocycles. The molecule has 1 fully saturated rings. The molecule has 6 heteroatoms. The summed E-state index contributed by atoms with van der Waals surface area (Å²) in [5.74, 6) is 1.90. The number of hydrogen-bond acceptors (Lipinski definition) is 5. The summed E-state index contributed by atoms with van der Waals surface area (Å²) >= 11 is 0. The molecule has 1 aromatic heterocycles. The Morgan fingerprint density at radius 3 is 2.73 bits per heavy atom. The average Bonchev–Trinajstić information content (AvgIpc) is 2.64. The van der Waals surface area contributed by atoms with Gasteiger partial charge < -0.3 is 10.6 Å². The lowest BCUT2D eigenvalue weighted by Gasteiger charge is -2.27. The highest BCUT2D eigenvalue weighted by Gasteiger charge is 2.20. The third-order valence-electron chi connectivity index (χ3n) is 5.56. The summed E-state index contributed by atoms with van der Waals surface area (Å²) in [4.78, 5) is 15.5. The van der Waals surface area contributed by atoms with Gasteiger partial charge >= 0.3 is 5.69 Å². The molecule has 0 bridgehead atoms. The molecule has 0 atom stereocenters. The van der Waals surface area contributed by atoms with Crippen LogP contribution in [0.5, 0.6) is 0 Å². The summed E-state index contributed by atoms with van der Waals surface area (Å²) in [5.41, 5.74) is 1.50. The van der Waals surface area contributed by atoms with E-state index in [1.165, 1.54) is 31.3 Å². The second-order valence-corrected chi connectivity index (χ2v) is 7.71. The molecule has 1 aromatic rings. The fourth-order valence-electron chi connectivity index (χ4n) is 3.90. The molecule has 0 aliphatic heterocycles. The average molecular weight is 358 g/mol. The Hall–Kier alpha value is -2.11. The van der Waals surface area contributed by atoms with E-state index in [1.807, 2.05) is 0 Å². The van der Waals surface area contributed by atoms with Gasteiger partial charge in [0, 0.05) is 18.7 Å². The fraction of sp³-hybridized carbons (Fsp3) is 0.650. The minimum absolute atomic E-state index is 0.0467. The molecule has 0 radical (unpaired) electrons. The summed E-state index contributed by atoms with van der Waals surface area (Å²) in [7, 11) is 0. The van der Waals surface area contributed by atoms with Crippen LogP contribution in [0.3, 0.4) is 0 Å². The van der Waals surface area contributed by atoms with E-state index in [-0.39, 0.29) is 10.6 Å². The summed E-state index contributed by atoms with van der Waals surface area (Å²) in [6.45, 7) is 2.98. The van der Waals surface area contributed by atoms with Crippen molar-refractivity contribution >= 4 is 17.3 Å². The SMILES string of the molecule is CC1CCC(Nc2ccc([N+](=O)[O-])c(NCCC3=CCCCC3)n2)CC1. The van der Waals surface area contributed by atoms with E-state index in [9.17, 15) is 10.1 Å². The van der Waals surface area contributed by atoms with Crippen LogP contribution in [0.1, 0.15) is 64.7 Å². The molecule has 6 nitrogen and oxygen atoms in total. The molecule has 0 amide bonds. The van der Waals surface area contributed by atoms with Crippen molar-refractivity contribution in [2.24, 2.45) is 5.92 Å². The first-order valence-corrected chi connectivity index (χ1v) is 9.95. The topological polar surface area (TPSA) is 80.1 Å². The van der Waals surface area contributed by atoms with E-state index in [0.29, 0.717) is 18.4 Å². The van der Waals surface area contributed by atoms with Crippen LogP contribution in [-0.2, 0) is 0 Å². The van der Waals surface area contributed by atoms with Crippen molar-refractivity contribution in [3.63, 3.8) is 0 Å². The highest BCUT2D eigenvalue weighted by Crippen LogP contribution is 2.28. The van der Waals surface area contributed by atoms with Gasteiger partial charge in [0.15, 0.2) is 0 Å². The third-order valence-corrected chi connectivity index (χ3v) is 5.56. The summed E-state index contributed by atoms with van der Waals surface area (Å²) in [6.07, 6.45) is 12.8. The van der Waals surface area contributed by atoms with Crippen LogP contribution in [0.25, 0.3) is 0 Å². The van der Waals surface area contributed by atoms with Gasteiger partial charge in [-0.25, -0.2) is 4.98 Å². The maximum atomic E-state index is 11.3. The lowest BCUT2D eigenvalue weighted by Crippen LogP contribution is -2.25. The van der Waals surface area contributed by atoms with Crippen LogP contribution in [0.2, 0.25) is 0 Å². The van der Waals surface area contributed by atoms with Crippen LogP contribution < -0.4 is 10.6 Å². The molecular formula is C20H30N4O2. The fourth-order valence-corrected chi connectivity index (χ4v) is 3.90. The first kappa shape index (κ1) is 18.7. The van der Waals surface area contributed by atoms with Crippen LogP contribution in [0.4, 0.5) is 17.3 Å². The zero-order valence-corrected chi connectivity index (χ0v) is 15.7. The molecule has 2 N–H and O–H groups in total. The van der Waals surface area contributed by atoms with Crippen molar-refractivity contribution in [1.82, 2.24) is 4.98 Å². The Morgan fingerprint density at radius 2 is 2.04 bits per heavy atom. The molecule has 2 aliphatic carbocycles. The Kier molecular flexibility index (Phi) is 6.47. The third kappa shape index (κ3) is 5.19. The number of anilines is 2. The molecule has 26 heavy (non-hydrogen) atoms. The van der Waals surface area contributed by atoms with Crippen LogP contribution in [0, 0.1) is 16.0 Å². The highest BCUT2D eigenvalue weighted by atomic mass is 16.6. The van der Waals surface area contributed by atoms with Crippen LogP contribution in [0.15, 0.2) is 23.8 Å². The van der Waals surface area contributed by atoms with Gasteiger partial charge in [-0.2, -0.15) is 0 Å². The Labute approximate surface area is 155 Å². The van der Waals surface area contributed by atoms with Gasteiger partial charge in [-0.15, -0.1) is 0 Å². The number of nitrogens with zero attached hydrogens (tertiary/aromatic N) is 2. The minimum atomic E-state index is -0.360. The number of nitro groups is 1. The summed E-state index contributed by atoms with van der Waals surface area (Å²) < 4.78 is 0. The summed E-state index contributed by atoms with van der Waals surface area (Å²) in [6, 6.07) is 3.70. The molecule has 0 aromatic carbocycles. The normalized spacial score (nSPS) is 23.2. The van der Waals surface area contributed by atoms with E-state index in [4.69, 9.17) is 0 Å². The lowest BCUT2D eigenvalue weighted by molar-refractivity contribution is -0.384. The van der Waals surface area contributed by atoms with Crippen LogP contribution in [-0.4, -0.2) is 22.5 Å². The van der Waals surface area contributed by atoms with E-state index in [2.05, 4.69) is 28.6 Å². The monoisotopic (exact) mass is 358 g/mol. The number of hydrogen-bond donors (Lipinski definition) is 2. The van der Waals surface area contributed by atoms with Crippen LogP contribution >= 0.6 is 0 Å². The Morgan fingerprint density at radius 1 is 1.23 bits per heavy atom. The van der Waals surface area contributed by atoms with Crippen molar-refractivity contribution in [3.8, 4) is 0 Å². The van der Waals surface area contributed by atoms with Gasteiger partial charge in [-0.3, -0.25) is 10.1 Å². The number of rotatable bonds is 7. The predicted octanol–water partition coefficient (Wildman–Crippen LogP) is 5.28. The Balaban J connectivity index is 1.62. The largest absolute Gasteiger partial charge is 0.367 e. The van der Waals surface area contributed by atoms with Gasteiger partial charge in [0.2, 0.25) is 5.82 Å². The zero-order valence-electron chi connectivity index (χ0n) is 15.7. The summed E-state index contributed by atoms with van der Waals surface area (Å²) in [5, 5.41) is 18.0. The standard InChI is InChI=1S/C20H30N4O2/c1-15-7-9-17(10-8-15)22-19-12-11-18(24(25)26)20(23-19)21-14-13-16-5-3-2-4-6-16/h5,11-12,15,17H,2-4,6-10,13-14H2,1H3,(H2,21,22,23). The quantitative estimate of drug-likeness (QED) is 0.393. The van der Waals surface area contributed by atoms with Crippen molar-refractivity contribution in [3.05, 3.63) is 33.9 Å². The maximum absolute atomic E-state index is 11.3. The zero-order chi connectivity index (χ0) is 18.4. The number of aromatic nitrogens is 1. The molecule has 0 saturated heterocycles. The van der Waals surface area contributed by atoms with Gasteiger partial charge in [0.1, 0.15) is 5.82 Å². The molecule has 1 heterocycles. The number of allylic oxidation sites excluding steroid dienone is 1. The van der Waals surface area contributed by atoms with E-state index >= 15 is 0 Å². The van der Waals surface area contributed by atoms with E-state index in [1.54, 1.807) is 12.1 Å². The first-order chi connectivity index (χ1) is 12.6. The number of pyridine rings is 1. The van der Waals surface area contributed by atoms with Gasteiger partial charge in [0.05, 0.1) is 4.92 Å². The van der Waals surface area contributed by atoms with Gasteiger partial charge in [-0.1, -0.05) is 18.6 Å². The van der Waals surface area contributed by atoms with Gasteiger partial charge in [-0.05, 0) is 69.8 Å². The molecule has 3 rings (SSSR count). The van der Waals surface area contributed by atoms with E-state index < -0.39 is 0 Å². The minimum Gasteiger partial charge on any atom is -0.367 e. The highest BCUT2D eigenvalue weighted by molar-refractivity contribution is 5.60. The molecule has 0 spiro atoms. The molecular weight excluding hydrogens is 328 g/mol. The molecule has 2 aliphatic rings. The first-order valence-electron chi connectivity index (χ1n) is 9.95. The molecule has 142 valence electrons. The Bertz CT molecular complexity index is 651. The maximum Gasteiger partial charge on any atom is 0.311 e. The van der Waals surface area contributed by atoms with Crippen molar-refractivity contribution in [2.75, 3.05) is 17.2 Å². The van der Waals surface area contributed by atoms with Crippen molar-refractivity contribution in [1.29, 1.82) is 0 Å².